The second-order valence-electron chi connectivity index (χ2n) is 6.90. The predicted molar refractivity (Wildman–Crippen MR) is 91.9 cm³/mol. The average molecular weight is 349 g/mol. The molecule has 0 spiro atoms. The minimum Gasteiger partial charge on any atom is -0.481 e. The smallest absolute Gasteiger partial charge is 0.353 e. The number of hydrogen-bond acceptors (Lipinski definition) is 7. The molecular formula is C16H23N5O4. The number of carboxylic acids is 1. The molecule has 0 amide bonds. The lowest BCUT2D eigenvalue weighted by Gasteiger charge is -2.33. The third kappa shape index (κ3) is 3.64. The molecule has 2 saturated heterocycles. The van der Waals surface area contributed by atoms with E-state index >= 15 is 0 Å². The van der Waals surface area contributed by atoms with Gasteiger partial charge in [-0.3, -0.25) is 14.9 Å². The molecule has 0 radical (unpaired) electrons. The number of nitrogens with zero attached hydrogens (tertiary/aromatic N) is 5. The molecule has 136 valence electrons. The summed E-state index contributed by atoms with van der Waals surface area (Å²) in [6.07, 6.45) is 4.28. The molecule has 2 aliphatic heterocycles. The Kier molecular flexibility index (Phi) is 5.00. The number of aromatic nitrogens is 2. The van der Waals surface area contributed by atoms with E-state index in [0.717, 1.165) is 25.9 Å². The van der Waals surface area contributed by atoms with Crippen LogP contribution in [0.2, 0.25) is 0 Å². The van der Waals surface area contributed by atoms with Gasteiger partial charge in [-0.1, -0.05) is 6.92 Å². The normalized spacial score (nSPS) is 19.9. The van der Waals surface area contributed by atoms with E-state index in [1.54, 1.807) is 0 Å². The highest BCUT2D eigenvalue weighted by molar-refractivity contribution is 5.73. The van der Waals surface area contributed by atoms with Crippen LogP contribution in [-0.2, 0) is 4.79 Å². The number of rotatable bonds is 4. The number of nitro groups is 1. The zero-order valence-corrected chi connectivity index (χ0v) is 14.3. The molecule has 2 fully saturated rings. The summed E-state index contributed by atoms with van der Waals surface area (Å²) in [6, 6.07) is 0. The van der Waals surface area contributed by atoms with E-state index in [1.807, 2.05) is 9.80 Å². The molecule has 25 heavy (non-hydrogen) atoms. The summed E-state index contributed by atoms with van der Waals surface area (Å²) in [5.74, 6) is 0.103. The summed E-state index contributed by atoms with van der Waals surface area (Å²) < 4.78 is 0. The van der Waals surface area contributed by atoms with Crippen molar-refractivity contribution in [1.82, 2.24) is 9.97 Å². The Bertz CT molecular complexity index is 652. The molecule has 0 aromatic carbocycles. The van der Waals surface area contributed by atoms with Gasteiger partial charge in [-0.05, 0) is 31.6 Å². The van der Waals surface area contributed by atoms with E-state index in [4.69, 9.17) is 5.11 Å². The fourth-order valence-electron chi connectivity index (χ4n) is 3.55. The van der Waals surface area contributed by atoms with Crippen LogP contribution < -0.4 is 9.80 Å². The lowest BCUT2D eigenvalue weighted by atomic mass is 9.97. The van der Waals surface area contributed by atoms with Gasteiger partial charge in [-0.15, -0.1) is 0 Å². The number of piperidine rings is 2. The molecule has 9 heteroatoms. The van der Waals surface area contributed by atoms with Crippen LogP contribution in [-0.4, -0.2) is 52.1 Å². The van der Waals surface area contributed by atoms with Crippen LogP contribution in [0.4, 0.5) is 17.3 Å². The maximum atomic E-state index is 11.7. The highest BCUT2D eigenvalue weighted by atomic mass is 16.6. The Morgan fingerprint density at radius 1 is 1.12 bits per heavy atom. The Hall–Kier alpha value is -2.45. The summed E-state index contributed by atoms with van der Waals surface area (Å²) in [5.41, 5.74) is -0.0640. The lowest BCUT2D eigenvalue weighted by molar-refractivity contribution is -0.383. The van der Waals surface area contributed by atoms with Crippen molar-refractivity contribution in [2.45, 2.75) is 32.6 Å². The van der Waals surface area contributed by atoms with E-state index in [9.17, 15) is 14.9 Å². The fraction of sp³-hybridized carbons (Fsp3) is 0.688. The zero-order chi connectivity index (χ0) is 18.0. The number of carboxylic acid groups (broad SMARTS) is 1. The molecule has 0 atom stereocenters. The topological polar surface area (TPSA) is 113 Å². The summed E-state index contributed by atoms with van der Waals surface area (Å²) in [4.78, 5) is 34.6. The first-order chi connectivity index (χ1) is 12.0. The third-order valence-electron chi connectivity index (χ3n) is 5.19. The van der Waals surface area contributed by atoms with Gasteiger partial charge in [-0.2, -0.15) is 0 Å². The van der Waals surface area contributed by atoms with Crippen molar-refractivity contribution in [3.63, 3.8) is 0 Å². The van der Waals surface area contributed by atoms with Crippen LogP contribution in [0.25, 0.3) is 0 Å². The van der Waals surface area contributed by atoms with E-state index in [0.29, 0.717) is 43.5 Å². The van der Waals surface area contributed by atoms with Gasteiger partial charge in [-0.25, -0.2) is 9.97 Å². The monoisotopic (exact) mass is 349 g/mol. The minimum atomic E-state index is -0.806. The van der Waals surface area contributed by atoms with Crippen LogP contribution in [0, 0.1) is 22.0 Å². The van der Waals surface area contributed by atoms with Crippen molar-refractivity contribution in [2.75, 3.05) is 36.0 Å². The average Bonchev–Trinajstić information content (AvgIpc) is 2.61. The number of anilines is 2. The van der Waals surface area contributed by atoms with Gasteiger partial charge in [0.15, 0.2) is 0 Å². The highest BCUT2D eigenvalue weighted by Crippen LogP contribution is 2.37. The maximum Gasteiger partial charge on any atom is 0.353 e. The molecule has 1 aromatic rings. The second kappa shape index (κ2) is 7.20. The van der Waals surface area contributed by atoms with E-state index in [1.165, 1.54) is 6.33 Å². The van der Waals surface area contributed by atoms with Gasteiger partial charge in [0.2, 0.25) is 11.6 Å². The first-order valence-electron chi connectivity index (χ1n) is 8.69. The molecule has 0 aliphatic carbocycles. The number of carbonyl (C=O) groups is 1. The lowest BCUT2D eigenvalue weighted by Crippen LogP contribution is -2.38. The van der Waals surface area contributed by atoms with Crippen LogP contribution in [0.5, 0.6) is 0 Å². The van der Waals surface area contributed by atoms with Gasteiger partial charge in [0.1, 0.15) is 6.33 Å². The fourth-order valence-corrected chi connectivity index (χ4v) is 3.55. The van der Waals surface area contributed by atoms with Gasteiger partial charge in [0.05, 0.1) is 10.8 Å². The third-order valence-corrected chi connectivity index (χ3v) is 5.19. The Morgan fingerprint density at radius 2 is 1.60 bits per heavy atom. The molecule has 2 aliphatic rings. The van der Waals surface area contributed by atoms with E-state index in [-0.39, 0.29) is 11.6 Å². The van der Waals surface area contributed by atoms with Crippen molar-refractivity contribution in [3.05, 3.63) is 16.4 Å². The van der Waals surface area contributed by atoms with Crippen LogP contribution in [0.15, 0.2) is 6.33 Å². The van der Waals surface area contributed by atoms with Crippen molar-refractivity contribution in [1.29, 1.82) is 0 Å². The first kappa shape index (κ1) is 17.4. The molecule has 1 aromatic heterocycles. The zero-order valence-electron chi connectivity index (χ0n) is 14.3. The van der Waals surface area contributed by atoms with Gasteiger partial charge in [0, 0.05) is 26.2 Å². The van der Waals surface area contributed by atoms with Crippen molar-refractivity contribution in [2.24, 2.45) is 11.8 Å². The molecular weight excluding hydrogens is 326 g/mol. The molecule has 0 bridgehead atoms. The number of aliphatic carboxylic acids is 1. The van der Waals surface area contributed by atoms with E-state index in [2.05, 4.69) is 16.9 Å². The number of hydrogen-bond donors (Lipinski definition) is 1. The Balaban J connectivity index is 1.86. The minimum absolute atomic E-state index is 0.0640. The molecule has 0 saturated carbocycles. The van der Waals surface area contributed by atoms with Crippen LogP contribution in [0.1, 0.15) is 32.6 Å². The van der Waals surface area contributed by atoms with Crippen molar-refractivity contribution in [3.8, 4) is 0 Å². The highest BCUT2D eigenvalue weighted by Gasteiger charge is 2.34. The van der Waals surface area contributed by atoms with Gasteiger partial charge in [0.25, 0.3) is 0 Å². The molecule has 1 N–H and O–H groups in total. The van der Waals surface area contributed by atoms with Crippen molar-refractivity contribution >= 4 is 23.3 Å². The molecule has 3 heterocycles. The molecule has 3 rings (SSSR count). The Labute approximate surface area is 145 Å². The van der Waals surface area contributed by atoms with Gasteiger partial charge < -0.3 is 14.9 Å². The second-order valence-corrected chi connectivity index (χ2v) is 6.90. The van der Waals surface area contributed by atoms with Crippen molar-refractivity contribution < 1.29 is 14.8 Å². The summed E-state index contributed by atoms with van der Waals surface area (Å²) in [5, 5.41) is 20.9. The first-order valence-corrected chi connectivity index (χ1v) is 8.69. The summed E-state index contributed by atoms with van der Waals surface area (Å²) >= 11 is 0. The maximum absolute atomic E-state index is 11.7. The van der Waals surface area contributed by atoms with E-state index < -0.39 is 10.9 Å². The quantitative estimate of drug-likeness (QED) is 0.648. The molecule has 9 nitrogen and oxygen atoms in total. The van der Waals surface area contributed by atoms with Crippen LogP contribution in [0.3, 0.4) is 0 Å². The standard InChI is InChI=1S/C16H23N5O4/c1-11-2-6-19(7-3-11)14-13(21(24)25)15(18-10-17-14)20-8-4-12(5-9-20)16(22)23/h10-12H,2-9H2,1H3,(H,22,23). The summed E-state index contributed by atoms with van der Waals surface area (Å²) in [7, 11) is 0. The summed E-state index contributed by atoms with van der Waals surface area (Å²) in [6.45, 7) is 4.58. The SMILES string of the molecule is CC1CCN(c2ncnc(N3CCC(C(=O)O)CC3)c2[N+](=O)[O-])CC1. The largest absolute Gasteiger partial charge is 0.481 e. The van der Waals surface area contributed by atoms with Gasteiger partial charge >= 0.3 is 11.7 Å². The Morgan fingerprint density at radius 3 is 2.04 bits per heavy atom. The molecule has 0 unspecified atom stereocenters. The predicted octanol–water partition coefficient (Wildman–Crippen LogP) is 1.92. The van der Waals surface area contributed by atoms with Crippen LogP contribution >= 0.6 is 0 Å².